The van der Waals surface area contributed by atoms with E-state index in [1.807, 2.05) is 50.1 Å². The van der Waals surface area contributed by atoms with Gasteiger partial charge in [-0.2, -0.15) is 0 Å². The lowest BCUT2D eigenvalue weighted by molar-refractivity contribution is -0.133. The minimum atomic E-state index is -0.710. The molecule has 0 spiro atoms. The molecular formula is C19H27N3O2. The lowest BCUT2D eigenvalue weighted by atomic mass is 9.94. The molecule has 1 aliphatic heterocycles. The molecule has 0 aromatic heterocycles. The molecule has 1 aromatic carbocycles. The van der Waals surface area contributed by atoms with E-state index < -0.39 is 5.54 Å². The van der Waals surface area contributed by atoms with Crippen molar-refractivity contribution in [2.24, 2.45) is 0 Å². The third-order valence-electron chi connectivity index (χ3n) is 5.23. The van der Waals surface area contributed by atoms with Gasteiger partial charge in [0.15, 0.2) is 0 Å². The highest BCUT2D eigenvalue weighted by Crippen LogP contribution is 2.35. The highest BCUT2D eigenvalue weighted by molar-refractivity contribution is 6.09. The zero-order valence-electron chi connectivity index (χ0n) is 14.8. The van der Waals surface area contributed by atoms with Crippen molar-refractivity contribution in [3.8, 4) is 0 Å². The number of hydrogen-bond donors (Lipinski definition) is 1. The predicted molar refractivity (Wildman–Crippen MR) is 96.1 cm³/mol. The first-order chi connectivity index (χ1) is 11.4. The molecule has 1 fully saturated rings. The number of nitrogens with one attached hydrogen (secondary N) is 1. The lowest BCUT2D eigenvalue weighted by Gasteiger charge is -2.40. The van der Waals surface area contributed by atoms with Crippen LogP contribution >= 0.6 is 0 Å². The molecule has 1 aromatic rings. The maximum atomic E-state index is 12.8. The molecule has 0 bridgehead atoms. The van der Waals surface area contributed by atoms with Crippen LogP contribution in [0.25, 0.3) is 0 Å². The Morgan fingerprint density at radius 2 is 1.92 bits per heavy atom. The van der Waals surface area contributed by atoms with Crippen LogP contribution in [0.5, 0.6) is 0 Å². The SMILES string of the molecule is CN(C(=O)CN1C(=O)C(C)(C)Nc2ccccc21)C1CCCCC1. The van der Waals surface area contributed by atoms with Gasteiger partial charge in [-0.15, -0.1) is 0 Å². The lowest BCUT2D eigenvalue weighted by Crippen LogP contribution is -2.56. The Hall–Kier alpha value is -2.04. The summed E-state index contributed by atoms with van der Waals surface area (Å²) in [6.07, 6.45) is 5.77. The van der Waals surface area contributed by atoms with Gasteiger partial charge in [0.2, 0.25) is 5.91 Å². The van der Waals surface area contributed by atoms with Crippen molar-refractivity contribution in [1.29, 1.82) is 0 Å². The molecule has 0 radical (unpaired) electrons. The van der Waals surface area contributed by atoms with Gasteiger partial charge < -0.3 is 10.2 Å². The van der Waals surface area contributed by atoms with Crippen molar-refractivity contribution in [3.63, 3.8) is 0 Å². The fraction of sp³-hybridized carbons (Fsp3) is 0.579. The summed E-state index contributed by atoms with van der Waals surface area (Å²) in [5, 5.41) is 3.27. The number of nitrogens with zero attached hydrogens (tertiary/aromatic N) is 2. The van der Waals surface area contributed by atoms with Crippen LogP contribution in [0, 0.1) is 0 Å². The number of rotatable bonds is 3. The average Bonchev–Trinajstić information content (AvgIpc) is 2.58. The summed E-state index contributed by atoms with van der Waals surface area (Å²) >= 11 is 0. The van der Waals surface area contributed by atoms with Gasteiger partial charge in [0.1, 0.15) is 12.1 Å². The van der Waals surface area contributed by atoms with Gasteiger partial charge in [-0.25, -0.2) is 0 Å². The number of amides is 2. The second-order valence-electron chi connectivity index (χ2n) is 7.45. The van der Waals surface area contributed by atoms with E-state index >= 15 is 0 Å². The second kappa shape index (κ2) is 6.46. The molecule has 5 heteroatoms. The highest BCUT2D eigenvalue weighted by Gasteiger charge is 2.39. The van der Waals surface area contributed by atoms with Crippen LogP contribution in [0.3, 0.4) is 0 Å². The van der Waals surface area contributed by atoms with Crippen molar-refractivity contribution in [2.45, 2.75) is 57.5 Å². The van der Waals surface area contributed by atoms with Crippen LogP contribution in [0.4, 0.5) is 11.4 Å². The molecule has 1 saturated carbocycles. The number of anilines is 2. The molecule has 0 saturated heterocycles. The largest absolute Gasteiger partial charge is 0.370 e. The zero-order chi connectivity index (χ0) is 17.3. The highest BCUT2D eigenvalue weighted by atomic mass is 16.2. The van der Waals surface area contributed by atoms with E-state index in [-0.39, 0.29) is 18.4 Å². The molecule has 0 atom stereocenters. The number of fused-ring (bicyclic) bond motifs is 1. The molecule has 130 valence electrons. The molecule has 3 rings (SSSR count). The number of carbonyl (C=O) groups excluding carboxylic acids is 2. The van der Waals surface area contributed by atoms with Crippen LogP contribution in [0.2, 0.25) is 0 Å². The van der Waals surface area contributed by atoms with Crippen LogP contribution < -0.4 is 10.2 Å². The van der Waals surface area contributed by atoms with Crippen molar-refractivity contribution in [1.82, 2.24) is 4.90 Å². The molecule has 2 amide bonds. The molecule has 1 heterocycles. The monoisotopic (exact) mass is 329 g/mol. The molecule has 0 unspecified atom stereocenters. The molecule has 1 N–H and O–H groups in total. The first-order valence-electron chi connectivity index (χ1n) is 8.85. The number of hydrogen-bond acceptors (Lipinski definition) is 3. The minimum Gasteiger partial charge on any atom is -0.370 e. The zero-order valence-corrected chi connectivity index (χ0v) is 14.8. The van der Waals surface area contributed by atoms with Crippen molar-refractivity contribution in [3.05, 3.63) is 24.3 Å². The third-order valence-corrected chi connectivity index (χ3v) is 5.23. The smallest absolute Gasteiger partial charge is 0.252 e. The summed E-state index contributed by atoms with van der Waals surface area (Å²) in [6, 6.07) is 7.99. The normalized spacial score (nSPS) is 20.3. The molecule has 2 aliphatic rings. The van der Waals surface area contributed by atoms with E-state index in [1.54, 1.807) is 4.90 Å². The van der Waals surface area contributed by atoms with E-state index in [2.05, 4.69) is 5.32 Å². The summed E-state index contributed by atoms with van der Waals surface area (Å²) < 4.78 is 0. The topological polar surface area (TPSA) is 52.7 Å². The number of para-hydroxylation sites is 2. The quantitative estimate of drug-likeness (QED) is 0.927. The average molecular weight is 329 g/mol. The van der Waals surface area contributed by atoms with Gasteiger partial charge in [-0.1, -0.05) is 31.4 Å². The fourth-order valence-corrected chi connectivity index (χ4v) is 3.73. The van der Waals surface area contributed by atoms with E-state index in [0.29, 0.717) is 6.04 Å². The first kappa shape index (κ1) is 16.8. The van der Waals surface area contributed by atoms with Crippen LogP contribution in [-0.4, -0.2) is 41.9 Å². The van der Waals surface area contributed by atoms with Crippen molar-refractivity contribution < 1.29 is 9.59 Å². The maximum absolute atomic E-state index is 12.8. The van der Waals surface area contributed by atoms with Crippen molar-refractivity contribution >= 4 is 23.2 Å². The summed E-state index contributed by atoms with van der Waals surface area (Å²) in [7, 11) is 1.88. The van der Waals surface area contributed by atoms with E-state index in [0.717, 1.165) is 24.2 Å². The van der Waals surface area contributed by atoms with Gasteiger partial charge in [0, 0.05) is 13.1 Å². The second-order valence-corrected chi connectivity index (χ2v) is 7.45. The van der Waals surface area contributed by atoms with E-state index in [4.69, 9.17) is 0 Å². The summed E-state index contributed by atoms with van der Waals surface area (Å²) in [5.41, 5.74) is 0.973. The Morgan fingerprint density at radius 3 is 2.62 bits per heavy atom. The van der Waals surface area contributed by atoms with Gasteiger partial charge in [0.05, 0.1) is 11.4 Å². The van der Waals surface area contributed by atoms with Crippen LogP contribution in [-0.2, 0) is 9.59 Å². The Morgan fingerprint density at radius 1 is 1.25 bits per heavy atom. The Balaban J connectivity index is 1.80. The number of benzene rings is 1. The molecular weight excluding hydrogens is 302 g/mol. The van der Waals surface area contributed by atoms with Crippen molar-refractivity contribution in [2.75, 3.05) is 23.8 Å². The Kier molecular flexibility index (Phi) is 4.52. The van der Waals surface area contributed by atoms with Gasteiger partial charge >= 0.3 is 0 Å². The van der Waals surface area contributed by atoms with E-state index in [9.17, 15) is 9.59 Å². The van der Waals surface area contributed by atoms with Gasteiger partial charge in [-0.05, 0) is 38.8 Å². The van der Waals surface area contributed by atoms with Crippen LogP contribution in [0.1, 0.15) is 46.0 Å². The predicted octanol–water partition coefficient (Wildman–Crippen LogP) is 3.01. The number of likely N-dealkylation sites (N-methyl/N-ethyl adjacent to an activating group) is 1. The molecule has 24 heavy (non-hydrogen) atoms. The molecule has 5 nitrogen and oxygen atoms in total. The fourth-order valence-electron chi connectivity index (χ4n) is 3.73. The number of carbonyl (C=O) groups is 2. The molecule has 1 aliphatic carbocycles. The van der Waals surface area contributed by atoms with E-state index in [1.165, 1.54) is 19.3 Å². The standard InChI is InChI=1S/C19H27N3O2/c1-19(2)18(24)22(16-12-8-7-11-15(16)20-19)13-17(23)21(3)14-9-5-4-6-10-14/h7-8,11-12,14,20H,4-6,9-10,13H2,1-3H3. The Labute approximate surface area is 144 Å². The summed E-state index contributed by atoms with van der Waals surface area (Å²) in [5.74, 6) is -0.0469. The van der Waals surface area contributed by atoms with Crippen LogP contribution in [0.15, 0.2) is 24.3 Å². The van der Waals surface area contributed by atoms with Gasteiger partial charge in [-0.3, -0.25) is 14.5 Å². The maximum Gasteiger partial charge on any atom is 0.252 e. The Bertz CT molecular complexity index is 635. The van der Waals surface area contributed by atoms with Gasteiger partial charge in [0.25, 0.3) is 5.91 Å². The first-order valence-corrected chi connectivity index (χ1v) is 8.85. The third kappa shape index (κ3) is 3.12. The summed E-state index contributed by atoms with van der Waals surface area (Å²) in [6.45, 7) is 3.81. The minimum absolute atomic E-state index is 0.0164. The summed E-state index contributed by atoms with van der Waals surface area (Å²) in [4.78, 5) is 29.1.